The molecule has 20 heavy (non-hydrogen) atoms. The highest BCUT2D eigenvalue weighted by atomic mass is 16.4. The lowest BCUT2D eigenvalue weighted by molar-refractivity contribution is 0.0696. The molecule has 1 aromatic heterocycles. The lowest BCUT2D eigenvalue weighted by Gasteiger charge is -1.97. The molecule has 0 unspecified atom stereocenters. The molecule has 1 heterocycles. The summed E-state index contributed by atoms with van der Waals surface area (Å²) < 4.78 is 0. The van der Waals surface area contributed by atoms with Gasteiger partial charge in [0.25, 0.3) is 0 Å². The van der Waals surface area contributed by atoms with Crippen LogP contribution in [0.15, 0.2) is 48.7 Å². The van der Waals surface area contributed by atoms with Crippen molar-refractivity contribution in [2.24, 2.45) is 0 Å². The van der Waals surface area contributed by atoms with Gasteiger partial charge in [-0.1, -0.05) is 24.3 Å². The van der Waals surface area contributed by atoms with E-state index in [1.54, 1.807) is 30.5 Å². The van der Waals surface area contributed by atoms with E-state index in [-0.39, 0.29) is 11.3 Å². The Labute approximate surface area is 116 Å². The third kappa shape index (κ3) is 3.38. The summed E-state index contributed by atoms with van der Waals surface area (Å²) in [6, 6.07) is 9.80. The number of nitrogens with zero attached hydrogens (tertiary/aromatic N) is 1. The Hall–Kier alpha value is -2.75. The average Bonchev–Trinajstić information content (AvgIpc) is 2.46. The van der Waals surface area contributed by atoms with E-state index in [1.807, 2.05) is 13.0 Å². The molecule has 4 heteroatoms. The second-order valence-corrected chi connectivity index (χ2v) is 4.35. The molecule has 1 N–H and O–H groups in total. The molecular formula is C16H13NO3. The number of hydrogen-bond acceptors (Lipinski definition) is 3. The molecule has 4 nitrogen and oxygen atoms in total. The van der Waals surface area contributed by atoms with E-state index in [2.05, 4.69) is 4.98 Å². The molecule has 0 saturated heterocycles. The van der Waals surface area contributed by atoms with Crippen molar-refractivity contribution in [2.45, 2.75) is 6.92 Å². The minimum Gasteiger partial charge on any atom is -0.478 e. The number of aromatic carboxylic acids is 1. The van der Waals surface area contributed by atoms with E-state index in [1.165, 1.54) is 18.2 Å². The molecule has 0 fully saturated rings. The maximum absolute atomic E-state index is 11.9. The first kappa shape index (κ1) is 13.7. The number of ketones is 1. The first-order valence-electron chi connectivity index (χ1n) is 6.05. The van der Waals surface area contributed by atoms with Gasteiger partial charge in [0.15, 0.2) is 0 Å². The van der Waals surface area contributed by atoms with Gasteiger partial charge in [0.2, 0.25) is 5.78 Å². The number of carbonyl (C=O) groups excluding carboxylic acids is 1. The molecule has 2 aromatic rings. The average molecular weight is 267 g/mol. The van der Waals surface area contributed by atoms with Crippen LogP contribution in [0.1, 0.15) is 32.0 Å². The fraction of sp³-hybridized carbons (Fsp3) is 0.0625. The van der Waals surface area contributed by atoms with Gasteiger partial charge < -0.3 is 5.11 Å². The molecule has 0 radical (unpaired) electrons. The third-order valence-corrected chi connectivity index (χ3v) is 2.75. The van der Waals surface area contributed by atoms with Crippen molar-refractivity contribution in [2.75, 3.05) is 0 Å². The molecule has 0 saturated carbocycles. The summed E-state index contributed by atoms with van der Waals surface area (Å²) in [5.74, 6) is -1.16. The van der Waals surface area contributed by atoms with Crippen molar-refractivity contribution < 1.29 is 14.7 Å². The van der Waals surface area contributed by atoms with Crippen LogP contribution in [0.25, 0.3) is 6.08 Å². The standard InChI is InChI=1S/C16H13NO3/c1-11-2-8-14(17-10-11)15(18)9-5-12-3-6-13(7-4-12)16(19)20/h2-10H,1H3,(H,19,20). The van der Waals surface area contributed by atoms with Crippen LogP contribution in [0.5, 0.6) is 0 Å². The SMILES string of the molecule is Cc1ccc(C(=O)C=Cc2ccc(C(=O)O)cc2)nc1. The molecule has 1 aromatic carbocycles. The molecule has 0 aliphatic rings. The number of carboxylic acids is 1. The minimum atomic E-state index is -0.972. The van der Waals surface area contributed by atoms with Gasteiger partial charge in [-0.15, -0.1) is 0 Å². The summed E-state index contributed by atoms with van der Waals surface area (Å²) >= 11 is 0. The van der Waals surface area contributed by atoms with E-state index < -0.39 is 5.97 Å². The highest BCUT2D eigenvalue weighted by molar-refractivity contribution is 6.05. The van der Waals surface area contributed by atoms with Crippen LogP contribution in [0.2, 0.25) is 0 Å². The van der Waals surface area contributed by atoms with Gasteiger partial charge in [-0.25, -0.2) is 4.79 Å². The van der Waals surface area contributed by atoms with Gasteiger partial charge in [-0.3, -0.25) is 9.78 Å². The van der Waals surface area contributed by atoms with Crippen LogP contribution < -0.4 is 0 Å². The Bertz CT molecular complexity index is 655. The van der Waals surface area contributed by atoms with Crippen molar-refractivity contribution in [1.82, 2.24) is 4.98 Å². The number of aromatic nitrogens is 1. The van der Waals surface area contributed by atoms with E-state index in [4.69, 9.17) is 5.11 Å². The van der Waals surface area contributed by atoms with Crippen LogP contribution >= 0.6 is 0 Å². The Morgan fingerprint density at radius 1 is 1.10 bits per heavy atom. The number of carboxylic acid groups (broad SMARTS) is 1. The predicted molar refractivity (Wildman–Crippen MR) is 75.7 cm³/mol. The second kappa shape index (κ2) is 5.93. The van der Waals surface area contributed by atoms with Crippen LogP contribution in [-0.4, -0.2) is 21.8 Å². The van der Waals surface area contributed by atoms with Crippen molar-refractivity contribution in [3.63, 3.8) is 0 Å². The molecule has 0 atom stereocenters. The molecule has 0 spiro atoms. The van der Waals surface area contributed by atoms with Gasteiger partial charge in [0, 0.05) is 6.20 Å². The van der Waals surface area contributed by atoms with Gasteiger partial charge >= 0.3 is 5.97 Å². The summed E-state index contributed by atoms with van der Waals surface area (Å²) in [5, 5.41) is 8.78. The van der Waals surface area contributed by atoms with E-state index >= 15 is 0 Å². The highest BCUT2D eigenvalue weighted by Gasteiger charge is 2.03. The van der Waals surface area contributed by atoms with Crippen LogP contribution in [0.4, 0.5) is 0 Å². The number of hydrogen-bond donors (Lipinski definition) is 1. The van der Waals surface area contributed by atoms with E-state index in [0.717, 1.165) is 11.1 Å². The third-order valence-electron chi connectivity index (χ3n) is 2.75. The van der Waals surface area contributed by atoms with E-state index in [9.17, 15) is 9.59 Å². The quantitative estimate of drug-likeness (QED) is 0.683. The Morgan fingerprint density at radius 3 is 2.35 bits per heavy atom. The molecule has 0 amide bonds. The molecule has 0 aliphatic heterocycles. The number of aryl methyl sites for hydroxylation is 1. The van der Waals surface area contributed by atoms with Gasteiger partial charge in [-0.2, -0.15) is 0 Å². The monoisotopic (exact) mass is 267 g/mol. The predicted octanol–water partition coefficient (Wildman–Crippen LogP) is 2.98. The molecule has 2 rings (SSSR count). The Morgan fingerprint density at radius 2 is 1.80 bits per heavy atom. The number of rotatable bonds is 4. The van der Waals surface area contributed by atoms with Crippen molar-refractivity contribution in [3.05, 3.63) is 71.1 Å². The Balaban J connectivity index is 2.10. The van der Waals surface area contributed by atoms with Crippen LogP contribution in [0, 0.1) is 6.92 Å². The summed E-state index contributed by atoms with van der Waals surface area (Å²) in [6.07, 6.45) is 4.70. The first-order chi connectivity index (χ1) is 9.56. The van der Waals surface area contributed by atoms with Crippen molar-refractivity contribution >= 4 is 17.8 Å². The smallest absolute Gasteiger partial charge is 0.335 e. The highest BCUT2D eigenvalue weighted by Crippen LogP contribution is 2.08. The minimum absolute atomic E-state index is 0.188. The lowest BCUT2D eigenvalue weighted by atomic mass is 10.1. The van der Waals surface area contributed by atoms with Crippen LogP contribution in [0.3, 0.4) is 0 Å². The summed E-state index contributed by atoms with van der Waals surface area (Å²) in [4.78, 5) is 26.6. The topological polar surface area (TPSA) is 67.3 Å². The van der Waals surface area contributed by atoms with E-state index in [0.29, 0.717) is 5.69 Å². The maximum atomic E-state index is 11.9. The van der Waals surface area contributed by atoms with Gasteiger partial charge in [-0.05, 0) is 42.3 Å². The summed E-state index contributed by atoms with van der Waals surface area (Å²) in [7, 11) is 0. The number of carbonyl (C=O) groups is 2. The normalized spacial score (nSPS) is 10.7. The fourth-order valence-corrected chi connectivity index (χ4v) is 1.61. The zero-order valence-electron chi connectivity index (χ0n) is 10.9. The summed E-state index contributed by atoms with van der Waals surface area (Å²) in [6.45, 7) is 1.90. The number of benzene rings is 1. The van der Waals surface area contributed by atoms with Gasteiger partial charge in [0.1, 0.15) is 5.69 Å². The maximum Gasteiger partial charge on any atom is 0.335 e. The molecule has 0 aliphatic carbocycles. The fourth-order valence-electron chi connectivity index (χ4n) is 1.61. The summed E-state index contributed by atoms with van der Waals surface area (Å²) in [5.41, 5.74) is 2.35. The van der Waals surface area contributed by atoms with Gasteiger partial charge in [0.05, 0.1) is 5.56 Å². The Kier molecular flexibility index (Phi) is 4.05. The number of allylic oxidation sites excluding steroid dienone is 1. The number of pyridine rings is 1. The first-order valence-corrected chi connectivity index (χ1v) is 6.05. The van der Waals surface area contributed by atoms with Crippen molar-refractivity contribution in [1.29, 1.82) is 0 Å². The molecule has 100 valence electrons. The van der Waals surface area contributed by atoms with Crippen molar-refractivity contribution in [3.8, 4) is 0 Å². The zero-order valence-corrected chi connectivity index (χ0v) is 10.9. The molecule has 0 bridgehead atoms. The molecular weight excluding hydrogens is 254 g/mol. The van der Waals surface area contributed by atoms with Crippen LogP contribution in [-0.2, 0) is 0 Å². The second-order valence-electron chi connectivity index (χ2n) is 4.35. The largest absolute Gasteiger partial charge is 0.478 e. The lowest BCUT2D eigenvalue weighted by Crippen LogP contribution is -1.98. The zero-order chi connectivity index (χ0) is 14.5.